The van der Waals surface area contributed by atoms with Gasteiger partial charge in [0.15, 0.2) is 0 Å². The molecular weight excluding hydrogens is 284 g/mol. The van der Waals surface area contributed by atoms with Gasteiger partial charge < -0.3 is 20.1 Å². The highest BCUT2D eigenvalue weighted by molar-refractivity contribution is 5.86. The quantitative estimate of drug-likeness (QED) is 0.437. The average molecular weight is 306 g/mol. The number of alkyl carbamates (subject to hydrolysis) is 1. The molecule has 0 aromatic heterocycles. The standard InChI is InChI=1S/C16H22N2O4/c1-12(2)15(19)21-10-9-18-16(20)22-11-8-17-14-6-4-13(3)5-7-14/h4-7,17H,1,8-11H2,2-3H3,(H,18,20). The molecule has 0 saturated carbocycles. The van der Waals surface area contributed by atoms with E-state index in [2.05, 4.69) is 17.2 Å². The molecule has 1 aromatic carbocycles. The van der Waals surface area contributed by atoms with Gasteiger partial charge in [0.05, 0.1) is 6.54 Å². The Kier molecular flexibility index (Phi) is 7.53. The first-order chi connectivity index (χ1) is 10.5. The third kappa shape index (κ3) is 7.33. The predicted molar refractivity (Wildman–Crippen MR) is 84.8 cm³/mol. The van der Waals surface area contributed by atoms with Crippen LogP contribution in [-0.2, 0) is 14.3 Å². The molecule has 0 unspecified atom stereocenters. The number of benzene rings is 1. The van der Waals surface area contributed by atoms with E-state index >= 15 is 0 Å². The Labute approximate surface area is 130 Å². The van der Waals surface area contributed by atoms with Crippen LogP contribution in [0.1, 0.15) is 12.5 Å². The maximum atomic E-state index is 11.4. The van der Waals surface area contributed by atoms with Crippen LogP contribution in [0.5, 0.6) is 0 Å². The number of carbonyl (C=O) groups excluding carboxylic acids is 2. The van der Waals surface area contributed by atoms with Crippen LogP contribution in [0.4, 0.5) is 10.5 Å². The summed E-state index contributed by atoms with van der Waals surface area (Å²) >= 11 is 0. The van der Waals surface area contributed by atoms with E-state index in [-0.39, 0.29) is 19.8 Å². The molecule has 0 spiro atoms. The third-order valence-electron chi connectivity index (χ3n) is 2.67. The summed E-state index contributed by atoms with van der Waals surface area (Å²) in [5, 5.41) is 5.63. The highest BCUT2D eigenvalue weighted by Crippen LogP contribution is 2.07. The second kappa shape index (κ2) is 9.44. The summed E-state index contributed by atoms with van der Waals surface area (Å²) in [6.45, 7) is 8.07. The Morgan fingerprint density at radius 3 is 2.36 bits per heavy atom. The van der Waals surface area contributed by atoms with Gasteiger partial charge in [0.1, 0.15) is 13.2 Å². The van der Waals surface area contributed by atoms with Crippen LogP contribution in [0.15, 0.2) is 36.4 Å². The summed E-state index contributed by atoms with van der Waals surface area (Å²) in [5.41, 5.74) is 2.49. The largest absolute Gasteiger partial charge is 0.460 e. The smallest absolute Gasteiger partial charge is 0.407 e. The summed E-state index contributed by atoms with van der Waals surface area (Å²) < 4.78 is 9.80. The SMILES string of the molecule is C=C(C)C(=O)OCCNC(=O)OCCNc1ccc(C)cc1. The molecule has 0 bridgehead atoms. The lowest BCUT2D eigenvalue weighted by molar-refractivity contribution is -0.138. The first kappa shape index (κ1) is 17.6. The van der Waals surface area contributed by atoms with Gasteiger partial charge in [0, 0.05) is 17.8 Å². The van der Waals surface area contributed by atoms with Gasteiger partial charge >= 0.3 is 12.1 Å². The lowest BCUT2D eigenvalue weighted by Crippen LogP contribution is -2.30. The van der Waals surface area contributed by atoms with Crippen molar-refractivity contribution in [3.8, 4) is 0 Å². The van der Waals surface area contributed by atoms with Gasteiger partial charge in [-0.1, -0.05) is 24.3 Å². The van der Waals surface area contributed by atoms with E-state index in [1.54, 1.807) is 6.92 Å². The molecule has 1 rings (SSSR count). The van der Waals surface area contributed by atoms with E-state index in [0.717, 1.165) is 5.69 Å². The molecule has 0 aliphatic heterocycles. The van der Waals surface area contributed by atoms with Crippen LogP contribution in [0.2, 0.25) is 0 Å². The van der Waals surface area contributed by atoms with E-state index in [9.17, 15) is 9.59 Å². The number of aryl methyl sites for hydroxylation is 1. The van der Waals surface area contributed by atoms with Gasteiger partial charge in [-0.3, -0.25) is 0 Å². The Morgan fingerprint density at radius 1 is 1.09 bits per heavy atom. The molecule has 0 heterocycles. The fourth-order valence-electron chi connectivity index (χ4n) is 1.48. The zero-order valence-corrected chi connectivity index (χ0v) is 13.0. The van der Waals surface area contributed by atoms with E-state index in [0.29, 0.717) is 12.1 Å². The molecule has 0 fully saturated rings. The molecule has 0 aliphatic rings. The van der Waals surface area contributed by atoms with Gasteiger partial charge in [-0.05, 0) is 26.0 Å². The molecule has 1 amide bonds. The zero-order chi connectivity index (χ0) is 16.4. The van der Waals surface area contributed by atoms with Crippen LogP contribution in [0.3, 0.4) is 0 Å². The number of amides is 1. The maximum absolute atomic E-state index is 11.4. The minimum Gasteiger partial charge on any atom is -0.460 e. The number of nitrogens with one attached hydrogen (secondary N) is 2. The summed E-state index contributed by atoms with van der Waals surface area (Å²) in [7, 11) is 0. The van der Waals surface area contributed by atoms with Crippen molar-refractivity contribution in [1.29, 1.82) is 0 Å². The summed E-state index contributed by atoms with van der Waals surface area (Å²) in [5.74, 6) is -0.475. The van der Waals surface area contributed by atoms with Crippen molar-refractivity contribution in [2.75, 3.05) is 31.6 Å². The summed E-state index contributed by atoms with van der Waals surface area (Å²) in [4.78, 5) is 22.4. The lowest BCUT2D eigenvalue weighted by Gasteiger charge is -2.09. The Bertz CT molecular complexity index is 511. The van der Waals surface area contributed by atoms with Gasteiger partial charge in [-0.15, -0.1) is 0 Å². The van der Waals surface area contributed by atoms with Crippen molar-refractivity contribution in [3.05, 3.63) is 42.0 Å². The molecule has 2 N–H and O–H groups in total. The third-order valence-corrected chi connectivity index (χ3v) is 2.67. The molecule has 6 nitrogen and oxygen atoms in total. The first-order valence-corrected chi connectivity index (χ1v) is 7.03. The number of hydrogen-bond acceptors (Lipinski definition) is 5. The minimum absolute atomic E-state index is 0.0857. The number of esters is 1. The van der Waals surface area contributed by atoms with Crippen LogP contribution in [-0.4, -0.2) is 38.4 Å². The zero-order valence-electron chi connectivity index (χ0n) is 13.0. The molecular formula is C16H22N2O4. The number of rotatable bonds is 8. The lowest BCUT2D eigenvalue weighted by atomic mass is 10.2. The van der Waals surface area contributed by atoms with E-state index in [1.807, 2.05) is 31.2 Å². The minimum atomic E-state index is -0.544. The number of hydrogen-bond donors (Lipinski definition) is 2. The maximum Gasteiger partial charge on any atom is 0.407 e. The van der Waals surface area contributed by atoms with E-state index in [1.165, 1.54) is 5.56 Å². The van der Waals surface area contributed by atoms with Crippen LogP contribution in [0.25, 0.3) is 0 Å². The Morgan fingerprint density at radius 2 is 1.73 bits per heavy atom. The highest BCUT2D eigenvalue weighted by Gasteiger charge is 2.04. The van der Waals surface area contributed by atoms with Crippen molar-refractivity contribution in [2.24, 2.45) is 0 Å². The van der Waals surface area contributed by atoms with Crippen LogP contribution in [0, 0.1) is 6.92 Å². The second-order valence-corrected chi connectivity index (χ2v) is 4.77. The molecule has 0 atom stereocenters. The summed E-state index contributed by atoms with van der Waals surface area (Å²) in [6, 6.07) is 7.93. The molecule has 22 heavy (non-hydrogen) atoms. The summed E-state index contributed by atoms with van der Waals surface area (Å²) in [6.07, 6.45) is -0.544. The van der Waals surface area contributed by atoms with Crippen molar-refractivity contribution >= 4 is 17.7 Å². The van der Waals surface area contributed by atoms with E-state index < -0.39 is 12.1 Å². The topological polar surface area (TPSA) is 76.7 Å². The van der Waals surface area contributed by atoms with Gasteiger partial charge in [-0.25, -0.2) is 9.59 Å². The van der Waals surface area contributed by atoms with E-state index in [4.69, 9.17) is 9.47 Å². The van der Waals surface area contributed by atoms with Crippen molar-refractivity contribution in [1.82, 2.24) is 5.32 Å². The molecule has 1 aromatic rings. The normalized spacial score (nSPS) is 9.73. The number of carbonyl (C=O) groups is 2. The number of anilines is 1. The second-order valence-electron chi connectivity index (χ2n) is 4.77. The molecule has 0 radical (unpaired) electrons. The highest BCUT2D eigenvalue weighted by atomic mass is 16.6. The van der Waals surface area contributed by atoms with Gasteiger partial charge in [0.2, 0.25) is 0 Å². The van der Waals surface area contributed by atoms with Crippen molar-refractivity contribution < 1.29 is 19.1 Å². The van der Waals surface area contributed by atoms with Crippen LogP contribution >= 0.6 is 0 Å². The fraction of sp³-hybridized carbons (Fsp3) is 0.375. The predicted octanol–water partition coefficient (Wildman–Crippen LogP) is 2.25. The molecule has 0 saturated heterocycles. The molecule has 120 valence electrons. The fourth-order valence-corrected chi connectivity index (χ4v) is 1.48. The Balaban J connectivity index is 2.05. The number of ether oxygens (including phenoxy) is 2. The molecule has 0 aliphatic carbocycles. The van der Waals surface area contributed by atoms with Gasteiger partial charge in [-0.2, -0.15) is 0 Å². The van der Waals surface area contributed by atoms with Crippen molar-refractivity contribution in [2.45, 2.75) is 13.8 Å². The molecule has 6 heteroatoms. The Hall–Kier alpha value is -2.50. The van der Waals surface area contributed by atoms with Crippen molar-refractivity contribution in [3.63, 3.8) is 0 Å². The van der Waals surface area contributed by atoms with Crippen LogP contribution < -0.4 is 10.6 Å². The monoisotopic (exact) mass is 306 g/mol. The first-order valence-electron chi connectivity index (χ1n) is 7.03. The van der Waals surface area contributed by atoms with Gasteiger partial charge in [0.25, 0.3) is 0 Å². The average Bonchev–Trinajstić information content (AvgIpc) is 2.49.